The molecule has 1 amide bonds. The van der Waals surface area contributed by atoms with Gasteiger partial charge < -0.3 is 16.2 Å². The Morgan fingerprint density at radius 3 is 2.24 bits per heavy atom. The van der Waals surface area contributed by atoms with Crippen molar-refractivity contribution < 1.29 is 23.1 Å². The maximum absolute atomic E-state index is 11.6. The number of anilines is 2. The molecule has 9 heteroatoms. The van der Waals surface area contributed by atoms with E-state index in [1.165, 1.54) is 31.2 Å². The van der Waals surface area contributed by atoms with E-state index in [0.717, 1.165) is 0 Å². The summed E-state index contributed by atoms with van der Waals surface area (Å²) in [4.78, 5) is 22.0. The highest BCUT2D eigenvalue weighted by Crippen LogP contribution is 2.15. The minimum atomic E-state index is -3.36. The third kappa shape index (κ3) is 5.79. The average Bonchev–Trinajstić information content (AvgIpc) is 2.40. The molecule has 1 unspecified atom stereocenters. The second kappa shape index (κ2) is 7.04. The number of rotatable bonds is 7. The van der Waals surface area contributed by atoms with E-state index in [-0.39, 0.29) is 5.75 Å². The first kappa shape index (κ1) is 16.9. The fraction of sp³-hybridized carbons (Fsp3) is 0.333. The van der Waals surface area contributed by atoms with Crippen molar-refractivity contribution in [1.82, 2.24) is 0 Å². The van der Waals surface area contributed by atoms with Crippen molar-refractivity contribution in [3.63, 3.8) is 0 Å². The van der Waals surface area contributed by atoms with Gasteiger partial charge in [-0.05, 0) is 31.2 Å². The molecule has 116 valence electrons. The number of carbonyl (C=O) groups is 2. The molecule has 5 N–H and O–H groups in total. The SMILES string of the molecule is CCS(=O)(=O)Nc1ccc(NC(=O)C(N)CC(=O)O)cc1. The molecule has 0 aliphatic rings. The van der Waals surface area contributed by atoms with Gasteiger partial charge in [0.2, 0.25) is 15.9 Å². The molecule has 0 aliphatic carbocycles. The van der Waals surface area contributed by atoms with E-state index in [2.05, 4.69) is 10.0 Å². The Labute approximate surface area is 122 Å². The molecule has 1 rings (SSSR count). The van der Waals surface area contributed by atoms with Crippen molar-refractivity contribution in [2.75, 3.05) is 15.8 Å². The van der Waals surface area contributed by atoms with Gasteiger partial charge in [0, 0.05) is 11.4 Å². The van der Waals surface area contributed by atoms with E-state index in [9.17, 15) is 18.0 Å². The highest BCUT2D eigenvalue weighted by atomic mass is 32.2. The number of carboxylic acids is 1. The van der Waals surface area contributed by atoms with Gasteiger partial charge in [-0.3, -0.25) is 14.3 Å². The molecule has 0 saturated heterocycles. The monoisotopic (exact) mass is 315 g/mol. The Balaban J connectivity index is 2.67. The molecular weight excluding hydrogens is 298 g/mol. The Bertz CT molecular complexity index is 612. The molecule has 8 nitrogen and oxygen atoms in total. The smallest absolute Gasteiger partial charge is 0.305 e. The predicted molar refractivity (Wildman–Crippen MR) is 78.4 cm³/mol. The summed E-state index contributed by atoms with van der Waals surface area (Å²) >= 11 is 0. The van der Waals surface area contributed by atoms with Crippen LogP contribution in [0.15, 0.2) is 24.3 Å². The fourth-order valence-corrected chi connectivity index (χ4v) is 2.03. The van der Waals surface area contributed by atoms with Crippen LogP contribution < -0.4 is 15.8 Å². The van der Waals surface area contributed by atoms with Crippen LogP contribution in [0.3, 0.4) is 0 Å². The number of carbonyl (C=O) groups excluding carboxylic acids is 1. The van der Waals surface area contributed by atoms with Gasteiger partial charge in [-0.2, -0.15) is 0 Å². The molecule has 0 spiro atoms. The van der Waals surface area contributed by atoms with E-state index in [1.807, 2.05) is 0 Å². The summed E-state index contributed by atoms with van der Waals surface area (Å²) in [5.41, 5.74) is 6.17. The van der Waals surface area contributed by atoms with Crippen LogP contribution in [0.1, 0.15) is 13.3 Å². The number of carboxylic acid groups (broad SMARTS) is 1. The van der Waals surface area contributed by atoms with Crippen LogP contribution in [-0.4, -0.2) is 37.2 Å². The van der Waals surface area contributed by atoms with E-state index in [0.29, 0.717) is 11.4 Å². The van der Waals surface area contributed by atoms with Gasteiger partial charge in [0.15, 0.2) is 0 Å². The van der Waals surface area contributed by atoms with Crippen LogP contribution in [0, 0.1) is 0 Å². The normalized spacial score (nSPS) is 12.5. The lowest BCUT2D eigenvalue weighted by molar-refractivity contribution is -0.138. The zero-order valence-corrected chi connectivity index (χ0v) is 12.2. The molecule has 0 saturated carbocycles. The van der Waals surface area contributed by atoms with Gasteiger partial charge in [0.05, 0.1) is 18.2 Å². The van der Waals surface area contributed by atoms with Gasteiger partial charge in [-0.15, -0.1) is 0 Å². The highest BCUT2D eigenvalue weighted by molar-refractivity contribution is 7.92. The number of hydrogen-bond acceptors (Lipinski definition) is 5. The number of hydrogen-bond donors (Lipinski definition) is 4. The summed E-state index contributed by atoms with van der Waals surface area (Å²) in [6, 6.07) is 4.77. The van der Waals surface area contributed by atoms with Crippen molar-refractivity contribution in [3.8, 4) is 0 Å². The predicted octanol–water partition coefficient (Wildman–Crippen LogP) is 0.189. The Hall–Kier alpha value is -2.13. The number of benzene rings is 1. The van der Waals surface area contributed by atoms with E-state index in [1.54, 1.807) is 0 Å². The quantitative estimate of drug-likeness (QED) is 0.566. The Kier molecular flexibility index (Phi) is 5.68. The molecule has 0 aromatic heterocycles. The van der Waals surface area contributed by atoms with Gasteiger partial charge in [0.1, 0.15) is 0 Å². The lowest BCUT2D eigenvalue weighted by atomic mass is 10.2. The lowest BCUT2D eigenvalue weighted by Crippen LogP contribution is -2.37. The second-order valence-electron chi connectivity index (χ2n) is 4.28. The summed E-state index contributed by atoms with van der Waals surface area (Å²) in [6.07, 6.45) is -0.472. The fourth-order valence-electron chi connectivity index (χ4n) is 1.39. The first-order valence-corrected chi connectivity index (χ1v) is 7.77. The van der Waals surface area contributed by atoms with Crippen molar-refractivity contribution >= 4 is 33.3 Å². The van der Waals surface area contributed by atoms with Gasteiger partial charge in [-0.1, -0.05) is 0 Å². The van der Waals surface area contributed by atoms with Crippen molar-refractivity contribution in [2.24, 2.45) is 5.73 Å². The van der Waals surface area contributed by atoms with Crippen LogP contribution in [0.2, 0.25) is 0 Å². The van der Waals surface area contributed by atoms with Crippen molar-refractivity contribution in [2.45, 2.75) is 19.4 Å². The Morgan fingerprint density at radius 1 is 1.24 bits per heavy atom. The molecule has 1 aromatic rings. The number of sulfonamides is 1. The third-order valence-electron chi connectivity index (χ3n) is 2.54. The standard InChI is InChI=1S/C12H17N3O5S/c1-2-21(19,20)15-9-5-3-8(4-6-9)14-12(18)10(13)7-11(16)17/h3-6,10,15H,2,7,13H2,1H3,(H,14,18)(H,16,17). The highest BCUT2D eigenvalue weighted by Gasteiger charge is 2.17. The van der Waals surface area contributed by atoms with Crippen LogP contribution in [0.4, 0.5) is 11.4 Å². The summed E-state index contributed by atoms with van der Waals surface area (Å²) in [7, 11) is -3.36. The average molecular weight is 315 g/mol. The van der Waals surface area contributed by atoms with Crippen molar-refractivity contribution in [1.29, 1.82) is 0 Å². The second-order valence-corrected chi connectivity index (χ2v) is 6.29. The molecular formula is C12H17N3O5S. The minimum Gasteiger partial charge on any atom is -0.481 e. The van der Waals surface area contributed by atoms with Crippen LogP contribution in [-0.2, 0) is 19.6 Å². The minimum absolute atomic E-state index is 0.0461. The summed E-state index contributed by atoms with van der Waals surface area (Å²) in [6.45, 7) is 1.51. The van der Waals surface area contributed by atoms with Crippen molar-refractivity contribution in [3.05, 3.63) is 24.3 Å². The first-order valence-electron chi connectivity index (χ1n) is 6.12. The summed E-state index contributed by atoms with van der Waals surface area (Å²) in [5, 5.41) is 11.0. The number of nitrogens with one attached hydrogen (secondary N) is 2. The number of aliphatic carboxylic acids is 1. The maximum atomic E-state index is 11.6. The molecule has 1 atom stereocenters. The number of amides is 1. The molecule has 0 radical (unpaired) electrons. The molecule has 1 aromatic carbocycles. The molecule has 0 heterocycles. The van der Waals surface area contributed by atoms with E-state index in [4.69, 9.17) is 10.8 Å². The number of nitrogens with two attached hydrogens (primary N) is 1. The van der Waals surface area contributed by atoms with Crippen LogP contribution in [0.25, 0.3) is 0 Å². The zero-order valence-electron chi connectivity index (χ0n) is 11.4. The topological polar surface area (TPSA) is 139 Å². The van der Waals surface area contributed by atoms with Crippen LogP contribution >= 0.6 is 0 Å². The van der Waals surface area contributed by atoms with Gasteiger partial charge in [-0.25, -0.2) is 8.42 Å². The summed E-state index contributed by atoms with van der Waals surface area (Å²) in [5.74, 6) is -1.84. The zero-order chi connectivity index (χ0) is 16.0. The van der Waals surface area contributed by atoms with E-state index >= 15 is 0 Å². The molecule has 0 aliphatic heterocycles. The third-order valence-corrected chi connectivity index (χ3v) is 3.84. The molecule has 0 fully saturated rings. The lowest BCUT2D eigenvalue weighted by Gasteiger charge is -2.11. The van der Waals surface area contributed by atoms with Gasteiger partial charge in [0.25, 0.3) is 0 Å². The summed E-state index contributed by atoms with van der Waals surface area (Å²) < 4.78 is 25.1. The molecule has 0 bridgehead atoms. The Morgan fingerprint density at radius 2 is 1.76 bits per heavy atom. The molecule has 21 heavy (non-hydrogen) atoms. The first-order chi connectivity index (χ1) is 9.73. The van der Waals surface area contributed by atoms with Crippen LogP contribution in [0.5, 0.6) is 0 Å². The van der Waals surface area contributed by atoms with E-state index < -0.39 is 34.4 Å². The van der Waals surface area contributed by atoms with Gasteiger partial charge >= 0.3 is 5.97 Å². The largest absolute Gasteiger partial charge is 0.481 e. The maximum Gasteiger partial charge on any atom is 0.305 e.